The van der Waals surface area contributed by atoms with Crippen LogP contribution in [0.2, 0.25) is 0 Å². The number of aromatic nitrogens is 2. The zero-order chi connectivity index (χ0) is 20.4. The fourth-order valence-electron chi connectivity index (χ4n) is 3.19. The molecule has 144 valence electrons. The van der Waals surface area contributed by atoms with Crippen molar-refractivity contribution in [2.75, 3.05) is 10.6 Å². The van der Waals surface area contributed by atoms with Crippen LogP contribution >= 0.6 is 0 Å². The van der Waals surface area contributed by atoms with E-state index < -0.39 is 4.92 Å². The molecule has 3 aromatic carbocycles. The smallest absolute Gasteiger partial charge is 0.334 e. The number of rotatable bonds is 5. The second-order valence-corrected chi connectivity index (χ2v) is 6.77. The third kappa shape index (κ3) is 3.70. The second kappa shape index (κ2) is 7.55. The molecule has 0 aliphatic heterocycles. The van der Waals surface area contributed by atoms with Crippen molar-refractivity contribution in [3.63, 3.8) is 0 Å². The van der Waals surface area contributed by atoms with Gasteiger partial charge in [-0.3, -0.25) is 10.1 Å². The van der Waals surface area contributed by atoms with Gasteiger partial charge >= 0.3 is 5.69 Å². The van der Waals surface area contributed by atoms with Gasteiger partial charge in [-0.05, 0) is 42.5 Å². The molecule has 0 aliphatic carbocycles. The number of nitrogens with zero attached hydrogens (tertiary/aromatic N) is 3. The number of nitrogens with one attached hydrogen (secondary N) is 2. The highest BCUT2D eigenvalue weighted by Gasteiger charge is 2.24. The van der Waals surface area contributed by atoms with Gasteiger partial charge in [-0.25, -0.2) is 9.97 Å². The molecule has 1 heterocycles. The molecule has 0 atom stereocenters. The van der Waals surface area contributed by atoms with Gasteiger partial charge in [-0.2, -0.15) is 0 Å². The average Bonchev–Trinajstić information content (AvgIpc) is 2.71. The fourth-order valence-corrected chi connectivity index (χ4v) is 3.19. The summed E-state index contributed by atoms with van der Waals surface area (Å²) >= 11 is 0. The minimum atomic E-state index is -0.471. The van der Waals surface area contributed by atoms with E-state index in [4.69, 9.17) is 0 Å². The summed E-state index contributed by atoms with van der Waals surface area (Å²) in [5, 5.41) is 20.1. The molecule has 0 saturated heterocycles. The van der Waals surface area contributed by atoms with Crippen molar-refractivity contribution in [1.82, 2.24) is 9.97 Å². The van der Waals surface area contributed by atoms with Crippen LogP contribution in [0.25, 0.3) is 10.8 Å². The number of anilines is 4. The summed E-state index contributed by atoms with van der Waals surface area (Å²) < 4.78 is 0. The van der Waals surface area contributed by atoms with Crippen molar-refractivity contribution in [3.8, 4) is 0 Å². The summed E-state index contributed by atoms with van der Waals surface area (Å²) in [6.07, 6.45) is 1.31. The van der Waals surface area contributed by atoms with E-state index in [2.05, 4.69) is 20.6 Å². The molecule has 4 rings (SSSR count). The van der Waals surface area contributed by atoms with E-state index in [0.29, 0.717) is 0 Å². The van der Waals surface area contributed by atoms with Crippen molar-refractivity contribution in [2.45, 2.75) is 13.8 Å². The number of fused-ring (bicyclic) bond motifs is 1. The fraction of sp³-hybridized carbons (Fsp3) is 0.0909. The van der Waals surface area contributed by atoms with E-state index in [9.17, 15) is 10.1 Å². The minimum absolute atomic E-state index is 0.133. The first-order valence-electron chi connectivity index (χ1n) is 9.11. The Morgan fingerprint density at radius 3 is 2.31 bits per heavy atom. The molecule has 0 aliphatic rings. The Balaban J connectivity index is 1.77. The van der Waals surface area contributed by atoms with Crippen LogP contribution in [0.5, 0.6) is 0 Å². The van der Waals surface area contributed by atoms with Gasteiger partial charge in [0, 0.05) is 16.8 Å². The van der Waals surface area contributed by atoms with Crippen LogP contribution in [0.1, 0.15) is 11.1 Å². The summed E-state index contributed by atoms with van der Waals surface area (Å²) in [6.45, 7) is 3.90. The molecule has 2 N–H and O–H groups in total. The molecule has 0 bridgehead atoms. The maximum Gasteiger partial charge on any atom is 0.353 e. The van der Waals surface area contributed by atoms with Crippen molar-refractivity contribution >= 4 is 39.5 Å². The predicted octanol–water partition coefficient (Wildman–Crippen LogP) is 5.64. The zero-order valence-electron chi connectivity index (χ0n) is 16.0. The van der Waals surface area contributed by atoms with Crippen molar-refractivity contribution < 1.29 is 4.92 Å². The van der Waals surface area contributed by atoms with Gasteiger partial charge in [-0.1, -0.05) is 48.5 Å². The molecule has 7 nitrogen and oxygen atoms in total. The Hall–Kier alpha value is -4.00. The first-order chi connectivity index (χ1) is 14.0. The standard InChI is InChI=1S/C22H19N5O2/c1-14-10-11-15(2)19(12-14)26-22-20(27(28)29)21(23-13-24-22)25-18-9-5-7-16-6-3-4-8-17(16)18/h3-13H,1-2H3,(H2,23,24,25,26). The van der Waals surface area contributed by atoms with E-state index in [1.807, 2.05) is 74.5 Å². The summed E-state index contributed by atoms with van der Waals surface area (Å²) in [4.78, 5) is 19.7. The lowest BCUT2D eigenvalue weighted by atomic mass is 10.1. The van der Waals surface area contributed by atoms with Gasteiger partial charge in [-0.15, -0.1) is 0 Å². The molecule has 4 aromatic rings. The first kappa shape index (κ1) is 18.4. The van der Waals surface area contributed by atoms with Gasteiger partial charge in [0.25, 0.3) is 0 Å². The molecule has 7 heteroatoms. The van der Waals surface area contributed by atoms with Crippen molar-refractivity contribution in [3.05, 3.63) is 88.2 Å². The Morgan fingerprint density at radius 2 is 1.55 bits per heavy atom. The highest BCUT2D eigenvalue weighted by Crippen LogP contribution is 2.35. The van der Waals surface area contributed by atoms with Crippen LogP contribution in [0.3, 0.4) is 0 Å². The predicted molar refractivity (Wildman–Crippen MR) is 115 cm³/mol. The molecular formula is C22H19N5O2. The monoisotopic (exact) mass is 385 g/mol. The van der Waals surface area contributed by atoms with Crippen LogP contribution in [-0.2, 0) is 0 Å². The molecule has 1 aromatic heterocycles. The number of nitro groups is 1. The molecule has 29 heavy (non-hydrogen) atoms. The largest absolute Gasteiger partial charge is 0.353 e. The highest BCUT2D eigenvalue weighted by molar-refractivity contribution is 5.96. The quantitative estimate of drug-likeness (QED) is 0.341. The number of hydrogen-bond donors (Lipinski definition) is 2. The third-order valence-corrected chi connectivity index (χ3v) is 4.69. The molecule has 0 amide bonds. The van der Waals surface area contributed by atoms with Crippen LogP contribution in [0.15, 0.2) is 67.0 Å². The van der Waals surface area contributed by atoms with E-state index in [1.54, 1.807) is 0 Å². The number of aryl methyl sites for hydroxylation is 2. The van der Waals surface area contributed by atoms with Gasteiger partial charge in [0.1, 0.15) is 6.33 Å². The SMILES string of the molecule is Cc1ccc(C)c(Nc2ncnc(Nc3cccc4ccccc34)c2[N+](=O)[O-])c1. The normalized spacial score (nSPS) is 10.7. The maximum atomic E-state index is 11.9. The molecule has 0 unspecified atom stereocenters. The van der Waals surface area contributed by atoms with Gasteiger partial charge < -0.3 is 10.6 Å². The lowest BCUT2D eigenvalue weighted by molar-refractivity contribution is -0.383. The molecule has 0 radical (unpaired) electrons. The van der Waals surface area contributed by atoms with Crippen LogP contribution in [0.4, 0.5) is 28.7 Å². The van der Waals surface area contributed by atoms with Crippen molar-refractivity contribution in [2.24, 2.45) is 0 Å². The van der Waals surface area contributed by atoms with Gasteiger partial charge in [0.15, 0.2) is 0 Å². The summed E-state index contributed by atoms with van der Waals surface area (Å²) in [5.41, 5.74) is 3.31. The van der Waals surface area contributed by atoms with Crippen LogP contribution < -0.4 is 10.6 Å². The van der Waals surface area contributed by atoms with Gasteiger partial charge in [0.05, 0.1) is 4.92 Å². The highest BCUT2D eigenvalue weighted by atomic mass is 16.6. The van der Waals surface area contributed by atoms with Crippen LogP contribution in [0, 0.1) is 24.0 Å². The zero-order valence-corrected chi connectivity index (χ0v) is 16.0. The first-order valence-corrected chi connectivity index (χ1v) is 9.11. The summed E-state index contributed by atoms with van der Waals surface area (Å²) in [6, 6.07) is 19.5. The number of benzene rings is 3. The lowest BCUT2D eigenvalue weighted by Crippen LogP contribution is -2.06. The Morgan fingerprint density at radius 1 is 0.862 bits per heavy atom. The van der Waals surface area contributed by atoms with Crippen molar-refractivity contribution in [1.29, 1.82) is 0 Å². The Bertz CT molecular complexity index is 1220. The van der Waals surface area contributed by atoms with E-state index >= 15 is 0 Å². The maximum absolute atomic E-state index is 11.9. The molecule has 0 fully saturated rings. The molecular weight excluding hydrogens is 366 g/mol. The summed E-state index contributed by atoms with van der Waals surface area (Å²) in [7, 11) is 0. The Labute approximate surface area is 167 Å². The average molecular weight is 385 g/mol. The van der Waals surface area contributed by atoms with E-state index in [0.717, 1.165) is 33.3 Å². The van der Waals surface area contributed by atoms with E-state index in [-0.39, 0.29) is 17.3 Å². The molecule has 0 spiro atoms. The minimum Gasteiger partial charge on any atom is -0.334 e. The van der Waals surface area contributed by atoms with E-state index in [1.165, 1.54) is 6.33 Å². The molecule has 0 saturated carbocycles. The number of hydrogen-bond acceptors (Lipinski definition) is 6. The summed E-state index contributed by atoms with van der Waals surface area (Å²) in [5.74, 6) is 0.274. The lowest BCUT2D eigenvalue weighted by Gasteiger charge is -2.13. The van der Waals surface area contributed by atoms with Gasteiger partial charge in [0.2, 0.25) is 11.6 Å². The third-order valence-electron chi connectivity index (χ3n) is 4.69. The Kier molecular flexibility index (Phi) is 4.78. The van der Waals surface area contributed by atoms with Crippen LogP contribution in [-0.4, -0.2) is 14.9 Å². The topological polar surface area (TPSA) is 93.0 Å². The second-order valence-electron chi connectivity index (χ2n) is 6.77.